The first-order valence-corrected chi connectivity index (χ1v) is 16.6. The van der Waals surface area contributed by atoms with Crippen LogP contribution in [0.3, 0.4) is 0 Å². The second kappa shape index (κ2) is 14.1. The first-order valence-electron chi connectivity index (χ1n) is 15.6. The lowest BCUT2D eigenvalue weighted by atomic mass is 10.0. The highest BCUT2D eigenvalue weighted by atomic mass is 32.2. The van der Waals surface area contributed by atoms with Gasteiger partial charge in [-0.2, -0.15) is 18.3 Å². The maximum Gasteiger partial charge on any atom is 0.417 e. The molecule has 2 aromatic heterocycles. The molecule has 46 heavy (non-hydrogen) atoms. The Morgan fingerprint density at radius 3 is 2.59 bits per heavy atom. The highest BCUT2D eigenvalue weighted by Gasteiger charge is 2.38. The van der Waals surface area contributed by atoms with Gasteiger partial charge in [-0.15, -0.1) is 11.8 Å². The summed E-state index contributed by atoms with van der Waals surface area (Å²) in [5.74, 6) is -2.49. The average molecular weight is 668 g/mol. The van der Waals surface area contributed by atoms with Crippen LogP contribution >= 0.6 is 11.8 Å². The Morgan fingerprint density at radius 2 is 1.87 bits per heavy atom. The number of benzene rings is 1. The molecule has 1 unspecified atom stereocenters. The Balaban J connectivity index is 1.12. The lowest BCUT2D eigenvalue weighted by Gasteiger charge is -2.32. The van der Waals surface area contributed by atoms with Gasteiger partial charge < -0.3 is 20.1 Å². The third-order valence-corrected chi connectivity index (χ3v) is 9.72. The number of piperidine rings is 1. The Kier molecular flexibility index (Phi) is 10.1. The first-order chi connectivity index (χ1) is 22.0. The number of rotatable bonds is 11. The molecule has 0 amide bonds. The van der Waals surface area contributed by atoms with Crippen LogP contribution in [-0.4, -0.2) is 104 Å². The predicted molar refractivity (Wildman–Crippen MR) is 163 cm³/mol. The van der Waals surface area contributed by atoms with Gasteiger partial charge in [0.25, 0.3) is 5.92 Å². The molecule has 0 saturated carbocycles. The van der Waals surface area contributed by atoms with Crippen LogP contribution in [0, 0.1) is 0 Å². The van der Waals surface area contributed by atoms with E-state index in [2.05, 4.69) is 20.2 Å². The van der Waals surface area contributed by atoms with Crippen LogP contribution in [0.25, 0.3) is 11.3 Å². The molecule has 2 saturated heterocycles. The van der Waals surface area contributed by atoms with E-state index in [4.69, 9.17) is 9.84 Å². The van der Waals surface area contributed by atoms with E-state index in [0.29, 0.717) is 36.8 Å². The van der Waals surface area contributed by atoms with Gasteiger partial charge in [0, 0.05) is 98.5 Å². The van der Waals surface area contributed by atoms with Crippen LogP contribution in [-0.2, 0) is 25.7 Å². The van der Waals surface area contributed by atoms with Crippen LogP contribution < -0.4 is 10.1 Å². The molecule has 15 heteroatoms. The van der Waals surface area contributed by atoms with E-state index in [1.165, 1.54) is 12.1 Å². The van der Waals surface area contributed by atoms with Gasteiger partial charge in [-0.1, -0.05) is 6.07 Å². The Labute approximate surface area is 268 Å². The summed E-state index contributed by atoms with van der Waals surface area (Å²) in [4.78, 5) is 12.1. The van der Waals surface area contributed by atoms with Crippen molar-refractivity contribution < 1.29 is 31.8 Å². The van der Waals surface area contributed by atoms with Gasteiger partial charge in [0.15, 0.2) is 0 Å². The van der Waals surface area contributed by atoms with Gasteiger partial charge in [-0.25, -0.2) is 18.7 Å². The molecule has 0 bridgehead atoms. The number of nitrogens with zero attached hydrogens (tertiary/aromatic N) is 6. The number of aliphatic hydroxyl groups excluding tert-OH is 1. The molecule has 0 spiro atoms. The first kappa shape index (κ1) is 33.1. The van der Waals surface area contributed by atoms with E-state index in [1.54, 1.807) is 28.0 Å². The van der Waals surface area contributed by atoms with E-state index in [1.807, 2.05) is 0 Å². The van der Waals surface area contributed by atoms with Crippen molar-refractivity contribution >= 4 is 11.8 Å². The number of hydrogen-bond acceptors (Lipinski definition) is 9. The number of β-amino-alcohol motifs (C(OH)–C–C–N with tert-alkyl or cyclic N) is 1. The average Bonchev–Trinajstić information content (AvgIpc) is 3.57. The molecule has 2 fully saturated rings. The fraction of sp³-hybridized carbons (Fsp3) is 0.581. The second-order valence-corrected chi connectivity index (χ2v) is 13.3. The van der Waals surface area contributed by atoms with Gasteiger partial charge in [-0.05, 0) is 31.0 Å². The monoisotopic (exact) mass is 667 g/mol. The van der Waals surface area contributed by atoms with E-state index in [-0.39, 0.29) is 49.4 Å². The number of aromatic nitrogens is 4. The van der Waals surface area contributed by atoms with Crippen molar-refractivity contribution in [2.75, 3.05) is 51.6 Å². The summed E-state index contributed by atoms with van der Waals surface area (Å²) in [5.41, 5.74) is 2.27. The van der Waals surface area contributed by atoms with Crippen molar-refractivity contribution in [3.05, 3.63) is 53.5 Å². The van der Waals surface area contributed by atoms with E-state index in [0.717, 1.165) is 61.6 Å². The maximum atomic E-state index is 13.9. The molecule has 6 rings (SSSR count). The second-order valence-electron chi connectivity index (χ2n) is 12.1. The minimum Gasteiger partial charge on any atom is -0.460 e. The zero-order valence-corrected chi connectivity index (χ0v) is 26.2. The number of halogens is 5. The van der Waals surface area contributed by atoms with Crippen molar-refractivity contribution in [1.82, 2.24) is 34.9 Å². The number of nitrogens with one attached hydrogen (secondary N) is 1. The van der Waals surface area contributed by atoms with Gasteiger partial charge in [0.2, 0.25) is 0 Å². The van der Waals surface area contributed by atoms with Crippen LogP contribution in [0.15, 0.2) is 41.6 Å². The number of alkyl halides is 5. The van der Waals surface area contributed by atoms with Gasteiger partial charge in [0.1, 0.15) is 6.10 Å². The molecule has 5 heterocycles. The summed E-state index contributed by atoms with van der Waals surface area (Å²) < 4.78 is 76.7. The number of hydrogen-bond donors (Lipinski definition) is 2. The van der Waals surface area contributed by atoms with Crippen molar-refractivity contribution in [2.24, 2.45) is 0 Å². The molecule has 9 nitrogen and oxygen atoms in total. The number of likely N-dealkylation sites (tertiary alicyclic amines) is 2. The molecule has 2 N–H and O–H groups in total. The minimum atomic E-state index is -4.55. The molecule has 1 atom stereocenters. The standard InChI is InChI=1S/C31H38F5N7O2S/c32-30(33)7-13-42(20-30)14-15-46-27-16-21(2-3-25(27)31(34,35)36)28-24-17-37-10-4-26(24)43(40-28)19-22(44)18-41-11-5-23(6-12-41)45-29-38-8-1-9-39-29/h1-3,8-9,16,22-23,37,44H,4-7,10-15,17-20H2. The van der Waals surface area contributed by atoms with Crippen molar-refractivity contribution in [1.29, 1.82) is 0 Å². The lowest BCUT2D eigenvalue weighted by molar-refractivity contribution is -0.139. The maximum absolute atomic E-state index is 13.9. The van der Waals surface area contributed by atoms with E-state index < -0.39 is 23.8 Å². The highest BCUT2D eigenvalue weighted by Crippen LogP contribution is 2.40. The van der Waals surface area contributed by atoms with Crippen LogP contribution in [0.5, 0.6) is 6.01 Å². The fourth-order valence-corrected chi connectivity index (χ4v) is 7.49. The summed E-state index contributed by atoms with van der Waals surface area (Å²) in [5, 5.41) is 19.2. The topological polar surface area (TPSA) is 91.6 Å². The van der Waals surface area contributed by atoms with E-state index in [9.17, 15) is 27.1 Å². The minimum absolute atomic E-state index is 0.0146. The van der Waals surface area contributed by atoms with Crippen molar-refractivity contribution in [2.45, 2.75) is 68.0 Å². The quantitative estimate of drug-likeness (QED) is 0.229. The van der Waals surface area contributed by atoms with Crippen LogP contribution in [0.1, 0.15) is 36.1 Å². The molecule has 0 aliphatic carbocycles. The third-order valence-electron chi connectivity index (χ3n) is 8.68. The van der Waals surface area contributed by atoms with Crippen LogP contribution in [0.4, 0.5) is 22.0 Å². The van der Waals surface area contributed by atoms with Gasteiger partial charge in [-0.3, -0.25) is 9.58 Å². The van der Waals surface area contributed by atoms with Gasteiger partial charge in [0.05, 0.1) is 30.5 Å². The molecule has 0 radical (unpaired) electrons. The molecule has 3 aromatic rings. The largest absolute Gasteiger partial charge is 0.460 e. The molecule has 1 aromatic carbocycles. The number of fused-ring (bicyclic) bond motifs is 1. The summed E-state index contributed by atoms with van der Waals surface area (Å²) >= 11 is 1.03. The van der Waals surface area contributed by atoms with Crippen molar-refractivity contribution in [3.8, 4) is 17.3 Å². The highest BCUT2D eigenvalue weighted by molar-refractivity contribution is 7.99. The Morgan fingerprint density at radius 1 is 1.09 bits per heavy atom. The summed E-state index contributed by atoms with van der Waals surface area (Å²) in [7, 11) is 0. The molecule has 250 valence electrons. The zero-order valence-electron chi connectivity index (χ0n) is 25.4. The SMILES string of the molecule is OC(CN1CCC(Oc2ncccn2)CC1)Cn1nc(-c2ccc(C(F)(F)F)c(SCCN3CCC(F)(F)C3)c2)c2c1CCNC2. The smallest absolute Gasteiger partial charge is 0.417 e. The van der Waals surface area contributed by atoms with E-state index >= 15 is 0 Å². The molecular weight excluding hydrogens is 629 g/mol. The summed E-state index contributed by atoms with van der Waals surface area (Å²) in [6.07, 6.45) is 0.0808. The summed E-state index contributed by atoms with van der Waals surface area (Å²) in [6.45, 7) is 3.64. The normalized spacial score (nSPS) is 20.1. The Bertz CT molecular complexity index is 1470. The molecular formula is C31H38F5N7O2S. The zero-order chi connectivity index (χ0) is 32.3. The van der Waals surface area contributed by atoms with Gasteiger partial charge >= 0.3 is 12.2 Å². The Hall–Kier alpha value is -2.85. The fourth-order valence-electron chi connectivity index (χ4n) is 6.37. The van der Waals surface area contributed by atoms with Crippen molar-refractivity contribution in [3.63, 3.8) is 0 Å². The summed E-state index contributed by atoms with van der Waals surface area (Å²) in [6, 6.07) is 6.13. The third kappa shape index (κ3) is 8.16. The van der Waals surface area contributed by atoms with Crippen LogP contribution in [0.2, 0.25) is 0 Å². The number of ether oxygens (including phenoxy) is 1. The predicted octanol–water partition coefficient (Wildman–Crippen LogP) is 4.34. The lowest BCUT2D eigenvalue weighted by Crippen LogP contribution is -2.43. The number of aliphatic hydroxyl groups is 1. The number of thioether (sulfide) groups is 1. The molecule has 3 aliphatic rings. The molecule has 3 aliphatic heterocycles.